The Morgan fingerprint density at radius 3 is 2.31 bits per heavy atom. The molecule has 3 N–H and O–H groups in total. The fourth-order valence-electron chi connectivity index (χ4n) is 7.73. The monoisotopic (exact) mass is 739 g/mol. The fourth-order valence-corrected chi connectivity index (χ4v) is 7.95. The maximum absolute atomic E-state index is 12.7. The number of rotatable bonds is 6. The molecule has 0 saturated heterocycles. The quantitative estimate of drug-likeness (QED) is 0.131. The molecule has 274 valence electrons. The Balaban J connectivity index is 0.000000154. The van der Waals surface area contributed by atoms with Gasteiger partial charge in [-0.1, -0.05) is 54.1 Å². The van der Waals surface area contributed by atoms with Crippen LogP contribution in [0, 0.1) is 13.8 Å². The second-order valence-corrected chi connectivity index (χ2v) is 14.0. The molecule has 0 radical (unpaired) electrons. The van der Waals surface area contributed by atoms with Gasteiger partial charge >= 0.3 is 5.97 Å². The van der Waals surface area contributed by atoms with Crippen molar-refractivity contribution < 1.29 is 9.53 Å². The van der Waals surface area contributed by atoms with Gasteiger partial charge < -0.3 is 24.5 Å². The van der Waals surface area contributed by atoms with Gasteiger partial charge in [0.05, 0.1) is 32.8 Å². The molecule has 3 aromatic heterocycles. The first-order chi connectivity index (χ1) is 26.2. The van der Waals surface area contributed by atoms with E-state index in [-0.39, 0.29) is 18.1 Å². The molecule has 9 rings (SSSR count). The highest BCUT2D eigenvalue weighted by Crippen LogP contribution is 2.38. The third-order valence-electron chi connectivity index (χ3n) is 10.4. The van der Waals surface area contributed by atoms with Crippen LogP contribution in [0.2, 0.25) is 5.02 Å². The topological polar surface area (TPSA) is 121 Å². The number of aliphatic imine (C=N–C) groups is 1. The number of anilines is 2. The van der Waals surface area contributed by atoms with E-state index in [2.05, 4.69) is 75.2 Å². The number of aryl methyl sites for hydroxylation is 2. The molecular weight excluding hydrogens is 698 g/mol. The summed E-state index contributed by atoms with van der Waals surface area (Å²) in [5, 5.41) is 3.79. The summed E-state index contributed by atoms with van der Waals surface area (Å²) >= 11 is 6.47. The summed E-state index contributed by atoms with van der Waals surface area (Å²) in [6, 6.07) is 32.1. The highest BCUT2D eigenvalue weighted by atomic mass is 35.5. The second-order valence-electron chi connectivity index (χ2n) is 13.6. The molecule has 2 atom stereocenters. The first-order valence-electron chi connectivity index (χ1n) is 18.2. The minimum Gasteiger partial charge on any atom is -0.426 e. The molecule has 12 heteroatoms. The van der Waals surface area contributed by atoms with Gasteiger partial charge in [-0.2, -0.15) is 0 Å². The van der Waals surface area contributed by atoms with E-state index in [1.165, 1.54) is 0 Å². The van der Waals surface area contributed by atoms with E-state index in [9.17, 15) is 4.79 Å². The molecule has 11 nitrogen and oxygen atoms in total. The number of hydrogen-bond acceptors (Lipinski definition) is 8. The van der Waals surface area contributed by atoms with Crippen molar-refractivity contribution in [3.05, 3.63) is 130 Å². The van der Waals surface area contributed by atoms with Crippen LogP contribution in [0.15, 0.2) is 102 Å². The normalized spacial score (nSPS) is 16.2. The van der Waals surface area contributed by atoms with Crippen molar-refractivity contribution in [2.75, 3.05) is 23.3 Å². The lowest BCUT2D eigenvalue weighted by atomic mass is 9.95. The Hall–Kier alpha value is -6.07. The van der Waals surface area contributed by atoms with Crippen molar-refractivity contribution in [2.45, 2.75) is 46.2 Å². The number of carbonyl (C=O) groups is 1. The SMILES string of the molecule is CCN(CC)c1ccc2c(c1)OC(=O)C(c1nc3ccccc3n1C)C2.Cc1cc(C2N=C(N)Nc3nc4ccccc4n32)c(C)n1-c1ccccc1Cl. The molecule has 54 heavy (non-hydrogen) atoms. The van der Waals surface area contributed by atoms with E-state index in [1.54, 1.807) is 0 Å². The lowest BCUT2D eigenvalue weighted by Gasteiger charge is -2.26. The van der Waals surface area contributed by atoms with E-state index in [4.69, 9.17) is 27.1 Å². The number of hydrogen-bond donors (Lipinski definition) is 2. The summed E-state index contributed by atoms with van der Waals surface area (Å²) < 4.78 is 12.0. The van der Waals surface area contributed by atoms with E-state index < -0.39 is 0 Å². The van der Waals surface area contributed by atoms with Crippen LogP contribution in [0.4, 0.5) is 11.6 Å². The van der Waals surface area contributed by atoms with E-state index in [0.29, 0.717) is 29.1 Å². The smallest absolute Gasteiger partial charge is 0.322 e. The number of benzene rings is 4. The number of ether oxygens (including phenoxy) is 1. The third kappa shape index (κ3) is 6.04. The molecule has 0 spiro atoms. The number of nitrogens with one attached hydrogen (secondary N) is 1. The van der Waals surface area contributed by atoms with Gasteiger partial charge in [-0.15, -0.1) is 0 Å². The summed E-state index contributed by atoms with van der Waals surface area (Å²) in [5.74, 6) is 1.88. The van der Waals surface area contributed by atoms with Crippen LogP contribution in [0.3, 0.4) is 0 Å². The number of para-hydroxylation sites is 5. The number of carbonyl (C=O) groups excluding carboxylic acids is 1. The van der Waals surface area contributed by atoms with Crippen LogP contribution >= 0.6 is 11.6 Å². The number of imidazole rings is 2. The highest BCUT2D eigenvalue weighted by Gasteiger charge is 2.34. The number of aromatic nitrogens is 5. The molecule has 0 saturated carbocycles. The third-order valence-corrected chi connectivity index (χ3v) is 10.7. The lowest BCUT2D eigenvalue weighted by Crippen LogP contribution is -2.31. The summed E-state index contributed by atoms with van der Waals surface area (Å²) in [6.07, 6.45) is 0.315. The maximum atomic E-state index is 12.7. The Kier molecular flexibility index (Phi) is 9.11. The molecule has 2 aliphatic heterocycles. The maximum Gasteiger partial charge on any atom is 0.322 e. The van der Waals surface area contributed by atoms with Gasteiger partial charge in [0.25, 0.3) is 0 Å². The van der Waals surface area contributed by atoms with Crippen LogP contribution in [0.5, 0.6) is 5.75 Å². The van der Waals surface area contributed by atoms with Crippen LogP contribution < -0.4 is 20.7 Å². The minimum atomic E-state index is -0.376. The first-order valence-corrected chi connectivity index (χ1v) is 18.6. The first kappa shape index (κ1) is 35.0. The van der Waals surface area contributed by atoms with Crippen LogP contribution in [0.25, 0.3) is 27.8 Å². The minimum absolute atomic E-state index is 0.229. The van der Waals surface area contributed by atoms with E-state index in [1.807, 2.05) is 90.5 Å². The zero-order chi connectivity index (χ0) is 37.7. The van der Waals surface area contributed by atoms with Crippen molar-refractivity contribution in [3.8, 4) is 11.4 Å². The zero-order valence-corrected chi connectivity index (χ0v) is 31.7. The van der Waals surface area contributed by atoms with Crippen molar-refractivity contribution in [1.82, 2.24) is 23.7 Å². The number of nitrogens with two attached hydrogens (primary N) is 1. The molecule has 2 aliphatic rings. The predicted molar refractivity (Wildman–Crippen MR) is 216 cm³/mol. The summed E-state index contributed by atoms with van der Waals surface area (Å²) in [6.45, 7) is 10.2. The van der Waals surface area contributed by atoms with Gasteiger partial charge in [0.2, 0.25) is 5.95 Å². The van der Waals surface area contributed by atoms with Crippen molar-refractivity contribution >= 4 is 57.2 Å². The van der Waals surface area contributed by atoms with Crippen LogP contribution in [-0.4, -0.2) is 48.7 Å². The largest absolute Gasteiger partial charge is 0.426 e. The summed E-state index contributed by atoms with van der Waals surface area (Å²) in [7, 11) is 1.96. The van der Waals surface area contributed by atoms with Gasteiger partial charge in [0.1, 0.15) is 17.5 Å². The number of nitrogens with zero attached hydrogens (tertiary/aromatic N) is 7. The average molecular weight is 740 g/mol. The van der Waals surface area contributed by atoms with Gasteiger partial charge in [-0.05, 0) is 88.2 Å². The molecule has 7 aromatic rings. The van der Waals surface area contributed by atoms with Crippen molar-refractivity contribution in [2.24, 2.45) is 17.8 Å². The summed E-state index contributed by atoms with van der Waals surface area (Å²) in [4.78, 5) is 29.0. The van der Waals surface area contributed by atoms with Crippen LogP contribution in [-0.2, 0) is 18.3 Å². The van der Waals surface area contributed by atoms with E-state index in [0.717, 1.165) is 74.9 Å². The average Bonchev–Trinajstić information content (AvgIpc) is 3.81. The summed E-state index contributed by atoms with van der Waals surface area (Å²) in [5.41, 5.74) is 16.2. The lowest BCUT2D eigenvalue weighted by molar-refractivity contribution is -0.137. The molecule has 0 bridgehead atoms. The van der Waals surface area contributed by atoms with Crippen molar-refractivity contribution in [3.63, 3.8) is 0 Å². The van der Waals surface area contributed by atoms with Crippen molar-refractivity contribution in [1.29, 1.82) is 0 Å². The van der Waals surface area contributed by atoms with Gasteiger partial charge in [-0.25, -0.2) is 15.0 Å². The number of halogens is 1. The molecule has 0 amide bonds. The predicted octanol–water partition coefficient (Wildman–Crippen LogP) is 8.05. The van der Waals surface area contributed by atoms with Gasteiger partial charge in [0.15, 0.2) is 12.1 Å². The zero-order valence-electron chi connectivity index (χ0n) is 30.9. The Morgan fingerprint density at radius 1 is 0.907 bits per heavy atom. The number of fused-ring (bicyclic) bond motifs is 5. The number of esters is 1. The van der Waals surface area contributed by atoms with Crippen LogP contribution in [0.1, 0.15) is 54.3 Å². The molecule has 4 aromatic carbocycles. The molecule has 0 fully saturated rings. The Bertz CT molecular complexity index is 2580. The highest BCUT2D eigenvalue weighted by molar-refractivity contribution is 6.32. The molecular formula is C42H42ClN9O2. The fraction of sp³-hybridized carbons (Fsp3) is 0.238. The molecule has 0 aliphatic carbocycles. The van der Waals surface area contributed by atoms with Gasteiger partial charge in [-0.3, -0.25) is 14.7 Å². The standard InChI is InChI=1S/C21H19ClN6.C21H23N3O2/c1-12-11-14(13(2)27(12)17-9-5-3-7-15(17)22)19-25-20(23)26-21-24-16-8-4-6-10-18(16)28(19)21;1-4-24(5-2)15-11-10-14-12-16(21(25)26-19(14)13-15)20-22-17-8-6-7-9-18(17)23(20)3/h3-11,19H,1-2H3,(H3,23,24,25,26);6-11,13,16H,4-5,12H2,1-3H3. The second kappa shape index (κ2) is 14.1. The Labute approximate surface area is 318 Å². The molecule has 2 unspecified atom stereocenters. The van der Waals surface area contributed by atoms with E-state index >= 15 is 0 Å². The molecule has 5 heterocycles. The van der Waals surface area contributed by atoms with Gasteiger partial charge in [0, 0.05) is 48.8 Å². The Morgan fingerprint density at radius 2 is 1.59 bits per heavy atom. The number of guanidine groups is 1.